The highest BCUT2D eigenvalue weighted by Gasteiger charge is 2.40. The molecule has 1 aliphatic heterocycles. The van der Waals surface area contributed by atoms with Crippen molar-refractivity contribution < 1.29 is 0 Å². The lowest BCUT2D eigenvalue weighted by Crippen LogP contribution is -2.67. The molecule has 0 amide bonds. The zero-order valence-electron chi connectivity index (χ0n) is 19.2. The van der Waals surface area contributed by atoms with E-state index >= 15 is 0 Å². The fourth-order valence-corrected chi connectivity index (χ4v) is 4.35. The van der Waals surface area contributed by atoms with Crippen LogP contribution in [-0.4, -0.2) is 47.8 Å². The molecular formula is C25H33N5. The van der Waals surface area contributed by atoms with E-state index in [9.17, 15) is 0 Å². The Morgan fingerprint density at radius 3 is 2.47 bits per heavy atom. The van der Waals surface area contributed by atoms with Gasteiger partial charge < -0.3 is 15.1 Å². The van der Waals surface area contributed by atoms with Crippen molar-refractivity contribution in [3.05, 3.63) is 58.8 Å². The van der Waals surface area contributed by atoms with Gasteiger partial charge in [-0.05, 0) is 77.5 Å². The molecule has 1 fully saturated rings. The molecule has 0 unspecified atom stereocenters. The van der Waals surface area contributed by atoms with E-state index in [1.165, 1.54) is 22.4 Å². The first-order valence-corrected chi connectivity index (χ1v) is 10.7. The van der Waals surface area contributed by atoms with Gasteiger partial charge in [0.25, 0.3) is 0 Å². The number of hydrogen-bond acceptors (Lipinski definition) is 5. The molecule has 2 heterocycles. The summed E-state index contributed by atoms with van der Waals surface area (Å²) < 4.78 is 0. The highest BCUT2D eigenvalue weighted by Crippen LogP contribution is 2.35. The first-order chi connectivity index (χ1) is 14.2. The molecule has 1 aliphatic rings. The SMILES string of the molecule is Cc1cccc([C@@H](C)Nc2nnc(C)c3ccc(N4CC(C)(N(C)C)C4)cc23)c1C. The lowest BCUT2D eigenvalue weighted by atomic mass is 9.90. The van der Waals surface area contributed by atoms with Gasteiger partial charge in [0.15, 0.2) is 5.82 Å². The Kier molecular flexibility index (Phi) is 5.18. The molecule has 158 valence electrons. The van der Waals surface area contributed by atoms with Gasteiger partial charge in [0.2, 0.25) is 0 Å². The highest BCUT2D eigenvalue weighted by molar-refractivity contribution is 5.95. The molecule has 2 aromatic carbocycles. The van der Waals surface area contributed by atoms with Crippen molar-refractivity contribution >= 4 is 22.3 Å². The summed E-state index contributed by atoms with van der Waals surface area (Å²) in [5, 5.41) is 14.9. The zero-order chi connectivity index (χ0) is 21.6. The maximum atomic E-state index is 4.54. The van der Waals surface area contributed by atoms with E-state index in [4.69, 9.17) is 0 Å². The number of aryl methyl sites for hydroxylation is 2. The molecular weight excluding hydrogens is 370 g/mol. The van der Waals surface area contributed by atoms with Crippen molar-refractivity contribution in [3.63, 3.8) is 0 Å². The van der Waals surface area contributed by atoms with E-state index in [0.717, 1.165) is 35.4 Å². The van der Waals surface area contributed by atoms with Gasteiger partial charge in [0.05, 0.1) is 17.3 Å². The van der Waals surface area contributed by atoms with Crippen LogP contribution < -0.4 is 10.2 Å². The fraction of sp³-hybridized carbons (Fsp3) is 0.440. The van der Waals surface area contributed by atoms with Crippen LogP contribution in [0.4, 0.5) is 11.5 Å². The minimum absolute atomic E-state index is 0.148. The molecule has 0 saturated carbocycles. The molecule has 1 aromatic heterocycles. The smallest absolute Gasteiger partial charge is 0.157 e. The maximum absolute atomic E-state index is 4.54. The van der Waals surface area contributed by atoms with Gasteiger partial charge in [-0.15, -0.1) is 5.10 Å². The van der Waals surface area contributed by atoms with Gasteiger partial charge in [-0.1, -0.05) is 24.3 Å². The Morgan fingerprint density at radius 2 is 1.77 bits per heavy atom. The van der Waals surface area contributed by atoms with Gasteiger partial charge in [-0.2, -0.15) is 5.10 Å². The molecule has 5 heteroatoms. The lowest BCUT2D eigenvalue weighted by Gasteiger charge is -2.53. The summed E-state index contributed by atoms with van der Waals surface area (Å²) in [6, 6.07) is 13.3. The minimum atomic E-state index is 0.148. The predicted octanol–water partition coefficient (Wildman–Crippen LogP) is 4.87. The summed E-state index contributed by atoms with van der Waals surface area (Å²) >= 11 is 0. The van der Waals surface area contributed by atoms with E-state index in [-0.39, 0.29) is 11.6 Å². The second-order valence-corrected chi connectivity index (χ2v) is 9.27. The maximum Gasteiger partial charge on any atom is 0.157 e. The molecule has 4 rings (SSSR count). The van der Waals surface area contributed by atoms with E-state index in [1.54, 1.807) is 0 Å². The first-order valence-electron chi connectivity index (χ1n) is 10.7. The highest BCUT2D eigenvalue weighted by atomic mass is 15.3. The van der Waals surface area contributed by atoms with Crippen molar-refractivity contribution in [2.45, 2.75) is 46.2 Å². The summed E-state index contributed by atoms with van der Waals surface area (Å²) in [7, 11) is 4.32. The van der Waals surface area contributed by atoms with Gasteiger partial charge in [0, 0.05) is 29.5 Å². The number of hydrogen-bond donors (Lipinski definition) is 1. The van der Waals surface area contributed by atoms with Crippen molar-refractivity contribution in [1.82, 2.24) is 15.1 Å². The second kappa shape index (κ2) is 7.55. The van der Waals surface area contributed by atoms with Crippen LogP contribution in [0, 0.1) is 20.8 Å². The van der Waals surface area contributed by atoms with Crippen LogP contribution >= 0.6 is 0 Å². The largest absolute Gasteiger partial charge is 0.368 e. The van der Waals surface area contributed by atoms with Crippen molar-refractivity contribution in [2.24, 2.45) is 0 Å². The average molecular weight is 404 g/mol. The van der Waals surface area contributed by atoms with Crippen LogP contribution in [0.5, 0.6) is 0 Å². The summed E-state index contributed by atoms with van der Waals surface area (Å²) in [6.07, 6.45) is 0. The molecule has 0 spiro atoms. The van der Waals surface area contributed by atoms with Crippen LogP contribution in [0.3, 0.4) is 0 Å². The van der Waals surface area contributed by atoms with E-state index in [2.05, 4.69) is 104 Å². The number of nitrogens with zero attached hydrogens (tertiary/aromatic N) is 4. The lowest BCUT2D eigenvalue weighted by molar-refractivity contribution is 0.133. The molecule has 0 aliphatic carbocycles. The normalized spacial score (nSPS) is 16.6. The Bertz CT molecular complexity index is 1080. The van der Waals surface area contributed by atoms with Crippen LogP contribution in [0.25, 0.3) is 10.8 Å². The van der Waals surface area contributed by atoms with Gasteiger partial charge >= 0.3 is 0 Å². The van der Waals surface area contributed by atoms with Crippen LogP contribution in [0.15, 0.2) is 36.4 Å². The Balaban J connectivity index is 1.67. The second-order valence-electron chi connectivity index (χ2n) is 9.27. The topological polar surface area (TPSA) is 44.3 Å². The monoisotopic (exact) mass is 403 g/mol. The Morgan fingerprint density at radius 1 is 1.03 bits per heavy atom. The summed E-state index contributed by atoms with van der Waals surface area (Å²) in [6.45, 7) is 12.9. The van der Waals surface area contributed by atoms with Crippen molar-refractivity contribution in [3.8, 4) is 0 Å². The molecule has 30 heavy (non-hydrogen) atoms. The number of fused-ring (bicyclic) bond motifs is 1. The number of benzene rings is 2. The number of aromatic nitrogens is 2. The number of anilines is 2. The van der Waals surface area contributed by atoms with Crippen LogP contribution in [0.1, 0.15) is 42.3 Å². The molecule has 1 atom stereocenters. The van der Waals surface area contributed by atoms with Crippen LogP contribution in [-0.2, 0) is 0 Å². The molecule has 5 nitrogen and oxygen atoms in total. The van der Waals surface area contributed by atoms with Crippen molar-refractivity contribution in [2.75, 3.05) is 37.4 Å². The molecule has 0 bridgehead atoms. The minimum Gasteiger partial charge on any atom is -0.368 e. The standard InChI is InChI=1S/C25H33N5/c1-16-9-8-10-21(17(16)2)18(3)26-24-23-13-20(11-12-22(23)19(4)27-28-24)30-14-25(5,15-30)29(6)7/h8-13,18H,14-15H2,1-7H3,(H,26,28)/t18-/m1/s1. The molecule has 0 radical (unpaired) electrons. The van der Waals surface area contributed by atoms with Crippen molar-refractivity contribution in [1.29, 1.82) is 0 Å². The third-order valence-corrected chi connectivity index (χ3v) is 6.92. The van der Waals surface area contributed by atoms with Crippen LogP contribution in [0.2, 0.25) is 0 Å². The predicted molar refractivity (Wildman–Crippen MR) is 127 cm³/mol. The average Bonchev–Trinajstić information content (AvgIpc) is 2.69. The number of rotatable bonds is 5. The summed E-state index contributed by atoms with van der Waals surface area (Å²) in [4.78, 5) is 4.76. The van der Waals surface area contributed by atoms with E-state index in [0.29, 0.717) is 0 Å². The molecule has 1 saturated heterocycles. The van der Waals surface area contributed by atoms with Gasteiger partial charge in [-0.25, -0.2) is 0 Å². The quantitative estimate of drug-likeness (QED) is 0.658. The first kappa shape index (κ1) is 20.6. The fourth-order valence-electron chi connectivity index (χ4n) is 4.35. The Hall–Kier alpha value is -2.66. The molecule has 1 N–H and O–H groups in total. The van der Waals surface area contributed by atoms with E-state index < -0.39 is 0 Å². The van der Waals surface area contributed by atoms with Gasteiger partial charge in [-0.3, -0.25) is 0 Å². The summed E-state index contributed by atoms with van der Waals surface area (Å²) in [5.74, 6) is 0.849. The third-order valence-electron chi connectivity index (χ3n) is 6.92. The summed E-state index contributed by atoms with van der Waals surface area (Å²) in [5.41, 5.74) is 6.38. The van der Waals surface area contributed by atoms with Gasteiger partial charge in [0.1, 0.15) is 0 Å². The molecule has 3 aromatic rings. The number of nitrogens with one attached hydrogen (secondary N) is 1. The zero-order valence-corrected chi connectivity index (χ0v) is 19.2. The third kappa shape index (κ3) is 3.52. The number of likely N-dealkylation sites (N-methyl/N-ethyl adjacent to an activating group) is 1. The Labute approximate surface area is 180 Å². The van der Waals surface area contributed by atoms with E-state index in [1.807, 2.05) is 6.92 Å².